The summed E-state index contributed by atoms with van der Waals surface area (Å²) in [5.74, 6) is -0.805. The molecule has 3 rings (SSSR count). The number of anilines is 1. The van der Waals surface area contributed by atoms with Gasteiger partial charge in [-0.05, 0) is 61.4 Å². The molecular weight excluding hydrogens is 503 g/mol. The van der Waals surface area contributed by atoms with Crippen LogP contribution >= 0.6 is 11.6 Å². The molecule has 0 saturated heterocycles. The quantitative estimate of drug-likeness (QED) is 0.336. The first-order chi connectivity index (χ1) is 16.4. The van der Waals surface area contributed by atoms with Crippen LogP contribution < -0.4 is 9.73 Å². The molecule has 184 valence electrons. The highest BCUT2D eigenvalue weighted by atomic mass is 35.5. The lowest BCUT2D eigenvalue weighted by Crippen LogP contribution is -2.39. The summed E-state index contributed by atoms with van der Waals surface area (Å²) in [4.78, 5) is 12.6. The van der Waals surface area contributed by atoms with E-state index in [1.807, 2.05) is 6.92 Å². The van der Waals surface area contributed by atoms with Gasteiger partial charge >= 0.3 is 6.18 Å². The first kappa shape index (κ1) is 26.2. The van der Waals surface area contributed by atoms with E-state index in [-0.39, 0.29) is 16.1 Å². The van der Waals surface area contributed by atoms with Crippen molar-refractivity contribution in [2.24, 2.45) is 5.10 Å². The Bertz CT molecular complexity index is 1360. The molecule has 0 fully saturated rings. The number of carbonyl (C=O) groups is 1. The smallest absolute Gasteiger partial charge is 0.271 e. The van der Waals surface area contributed by atoms with Crippen LogP contribution in [-0.2, 0) is 21.0 Å². The van der Waals surface area contributed by atoms with Crippen LogP contribution in [0.15, 0.2) is 76.7 Å². The number of nitrogens with one attached hydrogen (secondary N) is 1. The van der Waals surface area contributed by atoms with Crippen molar-refractivity contribution in [3.63, 3.8) is 0 Å². The van der Waals surface area contributed by atoms with Gasteiger partial charge < -0.3 is 0 Å². The lowest BCUT2D eigenvalue weighted by Gasteiger charge is -2.24. The number of sulfonamides is 1. The van der Waals surface area contributed by atoms with E-state index >= 15 is 0 Å². The van der Waals surface area contributed by atoms with E-state index in [2.05, 4.69) is 10.5 Å². The second-order valence-corrected chi connectivity index (χ2v) is 9.94. The van der Waals surface area contributed by atoms with E-state index in [0.29, 0.717) is 5.02 Å². The zero-order valence-corrected chi connectivity index (χ0v) is 20.2. The molecular formula is C24H21ClF3N3O3S. The summed E-state index contributed by atoms with van der Waals surface area (Å²) in [7, 11) is -4.16. The fourth-order valence-corrected chi connectivity index (χ4v) is 4.62. The number of hydrogen-bond acceptors (Lipinski definition) is 4. The van der Waals surface area contributed by atoms with Crippen LogP contribution in [0.4, 0.5) is 18.9 Å². The topological polar surface area (TPSA) is 78.8 Å². The van der Waals surface area contributed by atoms with Crippen LogP contribution in [0, 0.1) is 13.8 Å². The Balaban J connectivity index is 1.85. The third kappa shape index (κ3) is 6.61. The molecule has 0 aliphatic heterocycles. The number of nitrogens with zero attached hydrogens (tertiary/aromatic N) is 2. The van der Waals surface area contributed by atoms with Gasteiger partial charge in [-0.2, -0.15) is 18.3 Å². The zero-order valence-electron chi connectivity index (χ0n) is 18.7. The van der Waals surface area contributed by atoms with E-state index < -0.39 is 34.2 Å². The van der Waals surface area contributed by atoms with E-state index in [9.17, 15) is 26.4 Å². The molecule has 0 aromatic heterocycles. The monoisotopic (exact) mass is 523 g/mol. The summed E-state index contributed by atoms with van der Waals surface area (Å²) >= 11 is 6.18. The van der Waals surface area contributed by atoms with Crippen LogP contribution in [0.1, 0.15) is 22.3 Å². The summed E-state index contributed by atoms with van der Waals surface area (Å²) in [6.45, 7) is 2.92. The van der Waals surface area contributed by atoms with Gasteiger partial charge in [-0.25, -0.2) is 13.8 Å². The van der Waals surface area contributed by atoms with E-state index in [0.717, 1.165) is 33.8 Å². The number of hydrazone groups is 1. The van der Waals surface area contributed by atoms with Crippen molar-refractivity contribution in [1.82, 2.24) is 5.43 Å². The molecule has 0 bridgehead atoms. The van der Waals surface area contributed by atoms with Crippen molar-refractivity contribution in [3.8, 4) is 0 Å². The zero-order chi connectivity index (χ0) is 25.8. The van der Waals surface area contributed by atoms with Gasteiger partial charge in [0.2, 0.25) is 0 Å². The number of rotatable bonds is 7. The second-order valence-electron chi connectivity index (χ2n) is 7.67. The Morgan fingerprint density at radius 1 is 1.06 bits per heavy atom. The van der Waals surface area contributed by atoms with Gasteiger partial charge in [-0.1, -0.05) is 47.5 Å². The normalized spacial score (nSPS) is 12.1. The molecule has 0 saturated carbocycles. The van der Waals surface area contributed by atoms with Crippen molar-refractivity contribution in [3.05, 3.63) is 94.0 Å². The van der Waals surface area contributed by atoms with Gasteiger partial charge in [0.05, 0.1) is 22.4 Å². The predicted molar refractivity (Wildman–Crippen MR) is 129 cm³/mol. The molecule has 0 unspecified atom stereocenters. The SMILES string of the molecule is Cc1ccc(S(=O)(=O)N(CC(=O)N/N=C\c2cccc(C(F)(F)F)c2)c2ccc(C)c(Cl)c2)cc1. The number of alkyl halides is 3. The van der Waals surface area contributed by atoms with Gasteiger partial charge in [-0.15, -0.1) is 0 Å². The first-order valence-corrected chi connectivity index (χ1v) is 12.0. The Hall–Kier alpha value is -3.37. The minimum atomic E-state index is -4.52. The highest BCUT2D eigenvalue weighted by Gasteiger charge is 2.30. The van der Waals surface area contributed by atoms with Gasteiger partial charge in [0.1, 0.15) is 6.54 Å². The number of hydrogen-bond donors (Lipinski definition) is 1. The molecule has 35 heavy (non-hydrogen) atoms. The molecule has 0 radical (unpaired) electrons. The van der Waals surface area contributed by atoms with Crippen LogP contribution in [-0.4, -0.2) is 27.1 Å². The van der Waals surface area contributed by atoms with Crippen molar-refractivity contribution in [1.29, 1.82) is 0 Å². The number of benzene rings is 3. The molecule has 3 aromatic carbocycles. The summed E-state index contributed by atoms with van der Waals surface area (Å²) in [6.07, 6.45) is -3.48. The van der Waals surface area contributed by atoms with Gasteiger partial charge in [0.25, 0.3) is 15.9 Å². The highest BCUT2D eigenvalue weighted by Crippen LogP contribution is 2.30. The standard InChI is InChI=1S/C24H21ClF3N3O3S/c1-16-6-10-21(11-7-16)35(33,34)31(20-9-8-17(2)22(25)13-20)15-23(32)30-29-14-18-4-3-5-19(12-18)24(26,27)28/h3-14H,15H2,1-2H3,(H,30,32)/b29-14-. The average molecular weight is 524 g/mol. The third-order valence-electron chi connectivity index (χ3n) is 4.96. The minimum absolute atomic E-state index is 0.0277. The molecule has 0 atom stereocenters. The summed E-state index contributed by atoms with van der Waals surface area (Å²) in [6, 6.07) is 15.1. The minimum Gasteiger partial charge on any atom is -0.271 e. The summed E-state index contributed by atoms with van der Waals surface area (Å²) in [5.41, 5.74) is 3.15. The molecule has 6 nitrogen and oxygen atoms in total. The van der Waals surface area contributed by atoms with Crippen LogP contribution in [0.25, 0.3) is 0 Å². The van der Waals surface area contributed by atoms with E-state index in [4.69, 9.17) is 11.6 Å². The maximum absolute atomic E-state index is 13.4. The lowest BCUT2D eigenvalue weighted by atomic mass is 10.1. The average Bonchev–Trinajstić information content (AvgIpc) is 2.79. The molecule has 1 N–H and O–H groups in total. The van der Waals surface area contributed by atoms with Crippen molar-refractivity contribution >= 4 is 39.4 Å². The Labute approximate surface area is 206 Å². The van der Waals surface area contributed by atoms with Crippen LogP contribution in [0.3, 0.4) is 0 Å². The molecule has 11 heteroatoms. The van der Waals surface area contributed by atoms with Gasteiger partial charge in [-0.3, -0.25) is 9.10 Å². The maximum atomic E-state index is 13.4. The summed E-state index contributed by atoms with van der Waals surface area (Å²) < 4.78 is 66.2. The van der Waals surface area contributed by atoms with Crippen LogP contribution in [0.5, 0.6) is 0 Å². The maximum Gasteiger partial charge on any atom is 0.416 e. The molecule has 0 spiro atoms. The number of amides is 1. The van der Waals surface area contributed by atoms with E-state index in [1.54, 1.807) is 25.1 Å². The van der Waals surface area contributed by atoms with Crippen molar-refractivity contribution < 1.29 is 26.4 Å². The van der Waals surface area contributed by atoms with Crippen molar-refractivity contribution in [2.75, 3.05) is 10.8 Å². The van der Waals surface area contributed by atoms with Gasteiger partial charge in [0.15, 0.2) is 0 Å². The van der Waals surface area contributed by atoms with Crippen molar-refractivity contribution in [2.45, 2.75) is 24.9 Å². The van der Waals surface area contributed by atoms with Crippen LogP contribution in [0.2, 0.25) is 5.02 Å². The Kier molecular flexibility index (Phi) is 7.86. The number of carbonyl (C=O) groups excluding carboxylic acids is 1. The predicted octanol–water partition coefficient (Wildman–Crippen LogP) is 5.32. The molecule has 1 amide bonds. The molecule has 0 heterocycles. The lowest BCUT2D eigenvalue weighted by molar-refractivity contribution is -0.137. The Morgan fingerprint density at radius 2 is 1.74 bits per heavy atom. The van der Waals surface area contributed by atoms with E-state index in [1.165, 1.54) is 36.4 Å². The fourth-order valence-electron chi connectivity index (χ4n) is 3.03. The largest absolute Gasteiger partial charge is 0.416 e. The number of halogens is 4. The second kappa shape index (κ2) is 10.5. The fraction of sp³-hybridized carbons (Fsp3) is 0.167. The molecule has 3 aromatic rings. The summed E-state index contributed by atoms with van der Waals surface area (Å²) in [5, 5.41) is 3.98. The van der Waals surface area contributed by atoms with Gasteiger partial charge in [0, 0.05) is 5.02 Å². The molecule has 0 aliphatic rings. The Morgan fingerprint density at radius 3 is 2.37 bits per heavy atom. The highest BCUT2D eigenvalue weighted by molar-refractivity contribution is 7.92. The third-order valence-corrected chi connectivity index (χ3v) is 7.15. The first-order valence-electron chi connectivity index (χ1n) is 10.2. The number of aryl methyl sites for hydroxylation is 2. The molecule has 0 aliphatic carbocycles.